The van der Waals surface area contributed by atoms with Crippen LogP contribution in [0.4, 0.5) is 11.4 Å². The maximum atomic E-state index is 12.4. The third-order valence-electron chi connectivity index (χ3n) is 3.60. The fraction of sp³-hybridized carbons (Fsp3) is 0.176. The largest absolute Gasteiger partial charge is 0.372 e. The second kappa shape index (κ2) is 5.29. The second-order valence-electron chi connectivity index (χ2n) is 5.12. The number of carbonyl (C=O) groups is 1. The molecule has 1 atom stereocenters. The van der Waals surface area contributed by atoms with Crippen LogP contribution >= 0.6 is 0 Å². The van der Waals surface area contributed by atoms with Crippen LogP contribution in [0.25, 0.3) is 0 Å². The Morgan fingerprint density at radius 3 is 2.86 bits per heavy atom. The molecule has 1 amide bonds. The molecule has 2 aromatic carbocycles. The molecule has 104 valence electrons. The van der Waals surface area contributed by atoms with E-state index in [-0.39, 0.29) is 11.9 Å². The van der Waals surface area contributed by atoms with Crippen LogP contribution in [0.1, 0.15) is 18.1 Å². The van der Waals surface area contributed by atoms with Gasteiger partial charge in [0.15, 0.2) is 0 Å². The SMILES string of the molecule is CC1Nc2ccccc2N(Cc2cccc(C#N)c2)C1=O. The number of nitrogens with zero attached hydrogens (tertiary/aromatic N) is 2. The summed E-state index contributed by atoms with van der Waals surface area (Å²) in [6.07, 6.45) is 0. The molecule has 4 heteroatoms. The average molecular weight is 277 g/mol. The number of hydrogen-bond acceptors (Lipinski definition) is 3. The van der Waals surface area contributed by atoms with Crippen LogP contribution < -0.4 is 10.2 Å². The molecule has 0 radical (unpaired) electrons. The summed E-state index contributed by atoms with van der Waals surface area (Å²) in [4.78, 5) is 14.2. The van der Waals surface area contributed by atoms with Crippen molar-refractivity contribution in [1.82, 2.24) is 0 Å². The first-order chi connectivity index (χ1) is 10.2. The molecular formula is C17H15N3O. The van der Waals surface area contributed by atoms with E-state index in [1.54, 1.807) is 11.0 Å². The van der Waals surface area contributed by atoms with Crippen molar-refractivity contribution in [2.45, 2.75) is 19.5 Å². The van der Waals surface area contributed by atoms with E-state index in [4.69, 9.17) is 5.26 Å². The highest BCUT2D eigenvalue weighted by Crippen LogP contribution is 2.32. The first-order valence-corrected chi connectivity index (χ1v) is 6.85. The Bertz CT molecular complexity index is 733. The van der Waals surface area contributed by atoms with Crippen molar-refractivity contribution in [2.24, 2.45) is 0 Å². The highest BCUT2D eigenvalue weighted by atomic mass is 16.2. The summed E-state index contributed by atoms with van der Waals surface area (Å²) in [6.45, 7) is 2.33. The molecule has 0 aliphatic carbocycles. The summed E-state index contributed by atoms with van der Waals surface area (Å²) in [6, 6.07) is 17.0. The van der Waals surface area contributed by atoms with Crippen molar-refractivity contribution in [3.63, 3.8) is 0 Å². The summed E-state index contributed by atoms with van der Waals surface area (Å²) in [5.41, 5.74) is 3.40. The summed E-state index contributed by atoms with van der Waals surface area (Å²) in [7, 11) is 0. The van der Waals surface area contributed by atoms with Gasteiger partial charge in [-0.15, -0.1) is 0 Å². The average Bonchev–Trinajstić information content (AvgIpc) is 2.52. The Kier molecular flexibility index (Phi) is 3.33. The number of para-hydroxylation sites is 2. The summed E-state index contributed by atoms with van der Waals surface area (Å²) < 4.78 is 0. The van der Waals surface area contributed by atoms with Gasteiger partial charge in [-0.05, 0) is 36.8 Å². The van der Waals surface area contributed by atoms with Gasteiger partial charge in [0.2, 0.25) is 5.91 Å². The van der Waals surface area contributed by atoms with E-state index >= 15 is 0 Å². The number of rotatable bonds is 2. The van der Waals surface area contributed by atoms with E-state index < -0.39 is 0 Å². The topological polar surface area (TPSA) is 56.1 Å². The fourth-order valence-corrected chi connectivity index (χ4v) is 2.56. The van der Waals surface area contributed by atoms with Crippen LogP contribution in [-0.2, 0) is 11.3 Å². The van der Waals surface area contributed by atoms with Crippen molar-refractivity contribution >= 4 is 17.3 Å². The molecule has 1 heterocycles. The predicted molar refractivity (Wildman–Crippen MR) is 81.9 cm³/mol. The zero-order valence-corrected chi connectivity index (χ0v) is 11.7. The van der Waals surface area contributed by atoms with E-state index in [9.17, 15) is 4.79 Å². The van der Waals surface area contributed by atoms with Gasteiger partial charge in [-0.25, -0.2) is 0 Å². The summed E-state index contributed by atoms with van der Waals surface area (Å²) in [5.74, 6) is 0.0380. The lowest BCUT2D eigenvalue weighted by Gasteiger charge is -2.34. The Balaban J connectivity index is 1.97. The number of hydrogen-bond donors (Lipinski definition) is 1. The van der Waals surface area contributed by atoms with Gasteiger partial charge in [0.25, 0.3) is 0 Å². The zero-order valence-electron chi connectivity index (χ0n) is 11.7. The first kappa shape index (κ1) is 13.2. The van der Waals surface area contributed by atoms with Crippen LogP contribution in [0, 0.1) is 11.3 Å². The van der Waals surface area contributed by atoms with E-state index in [2.05, 4.69) is 11.4 Å². The summed E-state index contributed by atoms with van der Waals surface area (Å²) in [5, 5.41) is 12.2. The first-order valence-electron chi connectivity index (χ1n) is 6.85. The molecule has 2 aromatic rings. The van der Waals surface area contributed by atoms with Crippen LogP contribution in [0.5, 0.6) is 0 Å². The van der Waals surface area contributed by atoms with Gasteiger partial charge in [0.1, 0.15) is 6.04 Å². The Morgan fingerprint density at radius 2 is 2.05 bits per heavy atom. The number of benzene rings is 2. The lowest BCUT2D eigenvalue weighted by Crippen LogP contribution is -2.45. The minimum absolute atomic E-state index is 0.0380. The van der Waals surface area contributed by atoms with Crippen LogP contribution in [-0.4, -0.2) is 11.9 Å². The number of amides is 1. The Morgan fingerprint density at radius 1 is 1.24 bits per heavy atom. The minimum Gasteiger partial charge on any atom is -0.372 e. The van der Waals surface area contributed by atoms with Crippen molar-refractivity contribution in [2.75, 3.05) is 10.2 Å². The van der Waals surface area contributed by atoms with E-state index in [0.29, 0.717) is 12.1 Å². The molecule has 1 N–H and O–H groups in total. The van der Waals surface area contributed by atoms with Gasteiger partial charge >= 0.3 is 0 Å². The molecule has 0 saturated carbocycles. The van der Waals surface area contributed by atoms with Gasteiger partial charge < -0.3 is 10.2 Å². The standard InChI is InChI=1S/C17H15N3O/c1-12-17(21)20(16-8-3-2-7-15(16)19-12)11-14-6-4-5-13(9-14)10-18/h2-9,12,19H,11H2,1H3. The Labute approximate surface area is 123 Å². The van der Waals surface area contributed by atoms with Gasteiger partial charge in [-0.2, -0.15) is 5.26 Å². The van der Waals surface area contributed by atoms with Crippen molar-refractivity contribution < 1.29 is 4.79 Å². The number of nitriles is 1. The molecule has 0 spiro atoms. The Hall–Kier alpha value is -2.80. The van der Waals surface area contributed by atoms with E-state index in [1.165, 1.54) is 0 Å². The van der Waals surface area contributed by atoms with Gasteiger partial charge in [0, 0.05) is 0 Å². The van der Waals surface area contributed by atoms with E-state index in [1.807, 2.05) is 49.4 Å². The number of fused-ring (bicyclic) bond motifs is 1. The van der Waals surface area contributed by atoms with Crippen molar-refractivity contribution in [3.05, 3.63) is 59.7 Å². The lowest BCUT2D eigenvalue weighted by molar-refractivity contribution is -0.119. The molecular weight excluding hydrogens is 262 g/mol. The highest BCUT2D eigenvalue weighted by molar-refractivity contribution is 6.04. The molecule has 0 fully saturated rings. The molecule has 21 heavy (non-hydrogen) atoms. The smallest absolute Gasteiger partial charge is 0.249 e. The maximum Gasteiger partial charge on any atom is 0.249 e. The van der Waals surface area contributed by atoms with Crippen LogP contribution in [0.2, 0.25) is 0 Å². The quantitative estimate of drug-likeness (QED) is 0.918. The molecule has 0 saturated heterocycles. The van der Waals surface area contributed by atoms with Gasteiger partial charge in [-0.3, -0.25) is 4.79 Å². The van der Waals surface area contributed by atoms with Crippen LogP contribution in [0.15, 0.2) is 48.5 Å². The zero-order chi connectivity index (χ0) is 14.8. The molecule has 4 nitrogen and oxygen atoms in total. The second-order valence-corrected chi connectivity index (χ2v) is 5.12. The van der Waals surface area contributed by atoms with Gasteiger partial charge in [0.05, 0.1) is 29.6 Å². The van der Waals surface area contributed by atoms with Crippen molar-refractivity contribution in [3.8, 4) is 6.07 Å². The molecule has 1 unspecified atom stereocenters. The number of carbonyl (C=O) groups excluding carboxylic acids is 1. The molecule has 1 aliphatic rings. The minimum atomic E-state index is -0.251. The van der Waals surface area contributed by atoms with Crippen LogP contribution in [0.3, 0.4) is 0 Å². The number of anilines is 2. The number of nitrogens with one attached hydrogen (secondary N) is 1. The normalized spacial score (nSPS) is 16.9. The highest BCUT2D eigenvalue weighted by Gasteiger charge is 2.29. The predicted octanol–water partition coefficient (Wildman–Crippen LogP) is 2.91. The maximum absolute atomic E-state index is 12.4. The molecule has 0 aromatic heterocycles. The monoisotopic (exact) mass is 277 g/mol. The molecule has 0 bridgehead atoms. The molecule has 1 aliphatic heterocycles. The molecule has 3 rings (SSSR count). The van der Waals surface area contributed by atoms with E-state index in [0.717, 1.165) is 16.9 Å². The lowest BCUT2D eigenvalue weighted by atomic mass is 10.1. The van der Waals surface area contributed by atoms with Crippen molar-refractivity contribution in [1.29, 1.82) is 5.26 Å². The van der Waals surface area contributed by atoms with Gasteiger partial charge in [-0.1, -0.05) is 24.3 Å². The fourth-order valence-electron chi connectivity index (χ4n) is 2.56. The third kappa shape index (κ3) is 2.46. The third-order valence-corrected chi connectivity index (χ3v) is 3.60. The summed E-state index contributed by atoms with van der Waals surface area (Å²) >= 11 is 0.